The molecule has 0 N–H and O–H groups in total. The summed E-state index contributed by atoms with van der Waals surface area (Å²) >= 11 is 0. The van der Waals surface area contributed by atoms with Gasteiger partial charge in [0.15, 0.2) is 0 Å². The molecule has 0 saturated heterocycles. The third-order valence-corrected chi connectivity index (χ3v) is 4.38. The van der Waals surface area contributed by atoms with Crippen molar-refractivity contribution < 1.29 is 23.1 Å². The number of hydrogen-bond acceptors (Lipinski definition) is 5. The quantitative estimate of drug-likeness (QED) is 0.448. The molecular formula is C22H21FO5. The van der Waals surface area contributed by atoms with E-state index >= 15 is 0 Å². The molecule has 6 heteroatoms. The largest absolute Gasteiger partial charge is 0.488 e. The SMILES string of the molecule is CCOC(=O)CCc1cc2c(C)cc(=O)oc2cc1OCc1ccccc1F. The van der Waals surface area contributed by atoms with E-state index in [0.29, 0.717) is 29.9 Å². The predicted octanol–water partition coefficient (Wildman–Crippen LogP) is 4.32. The lowest BCUT2D eigenvalue weighted by atomic mass is 10.0. The number of halogens is 1. The van der Waals surface area contributed by atoms with Crippen LogP contribution in [-0.4, -0.2) is 12.6 Å². The summed E-state index contributed by atoms with van der Waals surface area (Å²) in [6.07, 6.45) is 0.575. The molecule has 0 unspecified atom stereocenters. The number of benzene rings is 2. The van der Waals surface area contributed by atoms with Crippen LogP contribution in [0.5, 0.6) is 5.75 Å². The van der Waals surface area contributed by atoms with Gasteiger partial charge in [-0.25, -0.2) is 9.18 Å². The Morgan fingerprint density at radius 2 is 1.93 bits per heavy atom. The Labute approximate surface area is 161 Å². The molecule has 146 valence electrons. The minimum absolute atomic E-state index is 0.0145. The zero-order valence-corrected chi connectivity index (χ0v) is 15.8. The normalized spacial score (nSPS) is 10.8. The molecule has 0 aliphatic rings. The lowest BCUT2D eigenvalue weighted by Gasteiger charge is -2.14. The van der Waals surface area contributed by atoms with E-state index in [1.54, 1.807) is 31.2 Å². The summed E-state index contributed by atoms with van der Waals surface area (Å²) in [5.74, 6) is -0.230. The van der Waals surface area contributed by atoms with Crippen molar-refractivity contribution in [3.8, 4) is 5.75 Å². The molecular weight excluding hydrogens is 363 g/mol. The van der Waals surface area contributed by atoms with Gasteiger partial charge in [0.1, 0.15) is 23.8 Å². The van der Waals surface area contributed by atoms with Gasteiger partial charge in [-0.05, 0) is 43.5 Å². The Balaban J connectivity index is 1.94. The summed E-state index contributed by atoms with van der Waals surface area (Å²) in [4.78, 5) is 23.4. The number of carbonyl (C=O) groups excluding carboxylic acids is 1. The van der Waals surface area contributed by atoms with Crippen LogP contribution in [0.2, 0.25) is 0 Å². The average Bonchev–Trinajstić information content (AvgIpc) is 2.66. The van der Waals surface area contributed by atoms with Gasteiger partial charge < -0.3 is 13.9 Å². The summed E-state index contributed by atoms with van der Waals surface area (Å²) in [5, 5.41) is 0.761. The van der Waals surface area contributed by atoms with Gasteiger partial charge in [-0.1, -0.05) is 18.2 Å². The fraction of sp³-hybridized carbons (Fsp3) is 0.273. The number of fused-ring (bicyclic) bond motifs is 1. The molecule has 0 saturated carbocycles. The molecule has 1 heterocycles. The summed E-state index contributed by atoms with van der Waals surface area (Å²) < 4.78 is 30.0. The maximum absolute atomic E-state index is 13.9. The molecule has 3 aromatic rings. The highest BCUT2D eigenvalue weighted by Gasteiger charge is 2.13. The first kappa shape index (κ1) is 19.6. The lowest BCUT2D eigenvalue weighted by molar-refractivity contribution is -0.143. The molecule has 0 aliphatic carbocycles. The van der Waals surface area contributed by atoms with Gasteiger partial charge in [0, 0.05) is 29.5 Å². The number of ether oxygens (including phenoxy) is 2. The van der Waals surface area contributed by atoms with Crippen LogP contribution in [-0.2, 0) is 22.6 Å². The molecule has 3 rings (SSSR count). The van der Waals surface area contributed by atoms with Crippen LogP contribution in [0.25, 0.3) is 11.0 Å². The van der Waals surface area contributed by atoms with Crippen molar-refractivity contribution in [2.45, 2.75) is 33.3 Å². The van der Waals surface area contributed by atoms with Gasteiger partial charge >= 0.3 is 11.6 Å². The van der Waals surface area contributed by atoms with E-state index in [1.165, 1.54) is 12.1 Å². The second-order valence-corrected chi connectivity index (χ2v) is 6.39. The first-order valence-electron chi connectivity index (χ1n) is 9.07. The Morgan fingerprint density at radius 1 is 1.14 bits per heavy atom. The van der Waals surface area contributed by atoms with Crippen molar-refractivity contribution in [2.24, 2.45) is 0 Å². The molecule has 0 fully saturated rings. The van der Waals surface area contributed by atoms with Crippen molar-refractivity contribution in [3.05, 3.63) is 75.4 Å². The summed E-state index contributed by atoms with van der Waals surface area (Å²) in [6, 6.07) is 11.2. The topological polar surface area (TPSA) is 65.7 Å². The molecule has 0 spiro atoms. The van der Waals surface area contributed by atoms with Crippen LogP contribution in [0.4, 0.5) is 4.39 Å². The molecule has 0 radical (unpaired) electrons. The number of hydrogen-bond donors (Lipinski definition) is 0. The fourth-order valence-electron chi connectivity index (χ4n) is 2.96. The summed E-state index contributed by atoms with van der Waals surface area (Å²) in [7, 11) is 0. The van der Waals surface area contributed by atoms with E-state index in [9.17, 15) is 14.0 Å². The summed E-state index contributed by atoms with van der Waals surface area (Å²) in [6.45, 7) is 3.90. The highest BCUT2D eigenvalue weighted by Crippen LogP contribution is 2.29. The van der Waals surface area contributed by atoms with Gasteiger partial charge in [-0.3, -0.25) is 4.79 Å². The molecule has 0 atom stereocenters. The van der Waals surface area contributed by atoms with Crippen molar-refractivity contribution in [3.63, 3.8) is 0 Å². The maximum Gasteiger partial charge on any atom is 0.336 e. The Hall–Kier alpha value is -3.15. The average molecular weight is 384 g/mol. The zero-order valence-electron chi connectivity index (χ0n) is 15.8. The minimum atomic E-state index is -0.454. The Kier molecular flexibility index (Phi) is 6.09. The minimum Gasteiger partial charge on any atom is -0.488 e. The van der Waals surface area contributed by atoms with Crippen LogP contribution >= 0.6 is 0 Å². The number of carbonyl (C=O) groups is 1. The maximum atomic E-state index is 13.9. The van der Waals surface area contributed by atoms with Crippen molar-refractivity contribution in [1.29, 1.82) is 0 Å². The van der Waals surface area contributed by atoms with Crippen molar-refractivity contribution in [1.82, 2.24) is 0 Å². The highest BCUT2D eigenvalue weighted by molar-refractivity contribution is 5.83. The van der Waals surface area contributed by atoms with E-state index < -0.39 is 5.63 Å². The molecule has 5 nitrogen and oxygen atoms in total. The third-order valence-electron chi connectivity index (χ3n) is 4.38. The predicted molar refractivity (Wildman–Crippen MR) is 103 cm³/mol. The summed E-state index contributed by atoms with van der Waals surface area (Å²) in [5.41, 5.74) is 1.86. The van der Waals surface area contributed by atoms with E-state index in [4.69, 9.17) is 13.9 Å². The van der Waals surface area contributed by atoms with Gasteiger partial charge in [-0.2, -0.15) is 0 Å². The standard InChI is InChI=1S/C22H21FO5/c1-3-26-21(24)9-8-15-11-17-14(2)10-22(25)28-20(17)12-19(15)27-13-16-6-4-5-7-18(16)23/h4-7,10-12H,3,8-9,13H2,1-2H3. The van der Waals surface area contributed by atoms with Gasteiger partial charge in [-0.15, -0.1) is 0 Å². The molecule has 28 heavy (non-hydrogen) atoms. The molecule has 2 aromatic carbocycles. The van der Waals surface area contributed by atoms with Gasteiger partial charge in [0.2, 0.25) is 0 Å². The Morgan fingerprint density at radius 3 is 2.68 bits per heavy atom. The van der Waals surface area contributed by atoms with Crippen LogP contribution < -0.4 is 10.4 Å². The third kappa shape index (κ3) is 4.57. The van der Waals surface area contributed by atoms with Crippen LogP contribution in [0.1, 0.15) is 30.0 Å². The molecule has 0 aliphatic heterocycles. The number of esters is 1. The fourth-order valence-corrected chi connectivity index (χ4v) is 2.96. The van der Waals surface area contributed by atoms with Gasteiger partial charge in [0.05, 0.1) is 6.61 Å². The smallest absolute Gasteiger partial charge is 0.336 e. The van der Waals surface area contributed by atoms with Crippen LogP contribution in [0.15, 0.2) is 51.7 Å². The lowest BCUT2D eigenvalue weighted by Crippen LogP contribution is -2.07. The monoisotopic (exact) mass is 384 g/mol. The highest BCUT2D eigenvalue weighted by atomic mass is 19.1. The first-order chi connectivity index (χ1) is 13.5. The molecule has 0 bridgehead atoms. The van der Waals surface area contributed by atoms with Crippen molar-refractivity contribution >= 4 is 16.9 Å². The van der Waals surface area contributed by atoms with E-state index in [2.05, 4.69) is 0 Å². The number of rotatable bonds is 7. The molecule has 0 amide bonds. The Bertz CT molecular complexity index is 1050. The molecule has 1 aromatic heterocycles. The number of aryl methyl sites for hydroxylation is 2. The van der Waals surface area contributed by atoms with Crippen LogP contribution in [0, 0.1) is 12.7 Å². The van der Waals surface area contributed by atoms with Crippen molar-refractivity contribution in [2.75, 3.05) is 6.61 Å². The second-order valence-electron chi connectivity index (χ2n) is 6.39. The zero-order chi connectivity index (χ0) is 20.1. The van der Waals surface area contributed by atoms with E-state index in [1.807, 2.05) is 13.0 Å². The van der Waals surface area contributed by atoms with E-state index in [-0.39, 0.29) is 24.8 Å². The van der Waals surface area contributed by atoms with Gasteiger partial charge in [0.25, 0.3) is 0 Å². The van der Waals surface area contributed by atoms with Crippen LogP contribution in [0.3, 0.4) is 0 Å². The van der Waals surface area contributed by atoms with E-state index in [0.717, 1.165) is 16.5 Å². The first-order valence-corrected chi connectivity index (χ1v) is 9.07. The second kappa shape index (κ2) is 8.69.